The fraction of sp³-hybridized carbons (Fsp3) is 0.538. The number of hydrogen-bond acceptors (Lipinski definition) is 2. The molecule has 0 heterocycles. The van der Waals surface area contributed by atoms with Gasteiger partial charge in [-0.25, -0.2) is 0 Å². The quantitative estimate of drug-likeness (QED) is 0.720. The molecule has 2 nitrogen and oxygen atoms in total. The fourth-order valence-corrected chi connectivity index (χ4v) is 1.46. The van der Waals surface area contributed by atoms with Crippen LogP contribution in [-0.2, 0) is 6.54 Å². The normalized spacial score (nSPS) is 10.3. The van der Waals surface area contributed by atoms with E-state index in [-0.39, 0.29) is 0 Å². The first-order valence-electron chi connectivity index (χ1n) is 5.78. The molecule has 1 rings (SSSR count). The van der Waals surface area contributed by atoms with E-state index in [1.165, 1.54) is 17.7 Å². The molecule has 0 amide bonds. The van der Waals surface area contributed by atoms with Gasteiger partial charge in [-0.1, -0.05) is 19.1 Å². The first-order valence-corrected chi connectivity index (χ1v) is 5.78. The average molecular weight is 206 g/mol. The van der Waals surface area contributed by atoms with E-state index >= 15 is 0 Å². The second kappa shape index (κ2) is 6.46. The van der Waals surface area contributed by atoms with Crippen molar-refractivity contribution in [3.05, 3.63) is 29.8 Å². The van der Waals surface area contributed by atoms with Crippen LogP contribution < -0.4 is 10.2 Å². The van der Waals surface area contributed by atoms with Crippen LogP contribution in [0.15, 0.2) is 24.3 Å². The zero-order valence-electron chi connectivity index (χ0n) is 10.1. The lowest BCUT2D eigenvalue weighted by atomic mass is 10.2. The smallest absolute Gasteiger partial charge is 0.0363 e. The van der Waals surface area contributed by atoms with Gasteiger partial charge in [0.25, 0.3) is 0 Å². The highest BCUT2D eigenvalue weighted by molar-refractivity contribution is 5.46. The van der Waals surface area contributed by atoms with E-state index in [2.05, 4.69) is 55.4 Å². The lowest BCUT2D eigenvalue weighted by Gasteiger charge is -2.16. The average Bonchev–Trinajstić information content (AvgIpc) is 2.29. The van der Waals surface area contributed by atoms with E-state index in [1.807, 2.05) is 0 Å². The summed E-state index contributed by atoms with van der Waals surface area (Å²) in [5.41, 5.74) is 2.65. The van der Waals surface area contributed by atoms with E-state index in [0.29, 0.717) is 0 Å². The molecular weight excluding hydrogens is 184 g/mol. The van der Waals surface area contributed by atoms with Gasteiger partial charge in [0.05, 0.1) is 0 Å². The van der Waals surface area contributed by atoms with Crippen LogP contribution in [0.4, 0.5) is 5.69 Å². The van der Waals surface area contributed by atoms with Crippen molar-refractivity contribution < 1.29 is 0 Å². The third-order valence-electron chi connectivity index (χ3n) is 2.61. The Morgan fingerprint density at radius 2 is 1.80 bits per heavy atom. The molecule has 84 valence electrons. The molecule has 0 aromatic heterocycles. The van der Waals surface area contributed by atoms with Crippen LogP contribution in [0.25, 0.3) is 0 Å². The molecule has 0 aliphatic heterocycles. The maximum absolute atomic E-state index is 3.40. The van der Waals surface area contributed by atoms with Crippen LogP contribution in [0.3, 0.4) is 0 Å². The molecule has 2 heteroatoms. The molecule has 0 atom stereocenters. The number of rotatable bonds is 6. The van der Waals surface area contributed by atoms with Crippen molar-refractivity contribution >= 4 is 5.69 Å². The molecule has 1 N–H and O–H groups in total. The topological polar surface area (TPSA) is 15.3 Å². The number of benzene rings is 1. The minimum Gasteiger partial charge on any atom is -0.375 e. The Kier molecular flexibility index (Phi) is 5.19. The molecule has 15 heavy (non-hydrogen) atoms. The van der Waals surface area contributed by atoms with Crippen molar-refractivity contribution in [2.24, 2.45) is 0 Å². The van der Waals surface area contributed by atoms with Crippen LogP contribution in [-0.4, -0.2) is 20.1 Å². The number of hydrogen-bond donors (Lipinski definition) is 1. The molecular formula is C13H22N2. The predicted molar refractivity (Wildman–Crippen MR) is 67.4 cm³/mol. The Bertz CT molecular complexity index is 266. The van der Waals surface area contributed by atoms with Gasteiger partial charge >= 0.3 is 0 Å². The first-order chi connectivity index (χ1) is 7.27. The summed E-state index contributed by atoms with van der Waals surface area (Å²) in [7, 11) is 2.12. The summed E-state index contributed by atoms with van der Waals surface area (Å²) in [6.45, 7) is 7.47. The van der Waals surface area contributed by atoms with E-state index < -0.39 is 0 Å². The van der Waals surface area contributed by atoms with E-state index in [0.717, 1.165) is 19.6 Å². The van der Waals surface area contributed by atoms with Crippen LogP contribution in [0, 0.1) is 0 Å². The van der Waals surface area contributed by atoms with Gasteiger partial charge in [0.15, 0.2) is 0 Å². The standard InChI is InChI=1S/C13H22N2/c1-4-10-14-11-12-6-8-13(9-7-12)15(3)5-2/h6-9,14H,4-5,10-11H2,1-3H3. The third-order valence-corrected chi connectivity index (χ3v) is 2.61. The van der Waals surface area contributed by atoms with E-state index in [9.17, 15) is 0 Å². The number of nitrogens with zero attached hydrogens (tertiary/aromatic N) is 1. The monoisotopic (exact) mass is 206 g/mol. The van der Waals surface area contributed by atoms with Gasteiger partial charge in [0.1, 0.15) is 0 Å². The Morgan fingerprint density at radius 1 is 1.13 bits per heavy atom. The van der Waals surface area contributed by atoms with Gasteiger partial charge in [-0.05, 0) is 37.6 Å². The van der Waals surface area contributed by atoms with Crippen molar-refractivity contribution in [2.45, 2.75) is 26.8 Å². The van der Waals surface area contributed by atoms with Crippen molar-refractivity contribution in [3.8, 4) is 0 Å². The molecule has 0 aliphatic rings. The van der Waals surface area contributed by atoms with Crippen LogP contribution in [0.2, 0.25) is 0 Å². The Balaban J connectivity index is 2.49. The van der Waals surface area contributed by atoms with Gasteiger partial charge in [-0.3, -0.25) is 0 Å². The van der Waals surface area contributed by atoms with Gasteiger partial charge in [-0.15, -0.1) is 0 Å². The van der Waals surface area contributed by atoms with Crippen molar-refractivity contribution in [1.82, 2.24) is 5.32 Å². The van der Waals surface area contributed by atoms with Gasteiger partial charge in [0.2, 0.25) is 0 Å². The van der Waals surface area contributed by atoms with E-state index in [1.54, 1.807) is 0 Å². The Labute approximate surface area is 93.3 Å². The highest BCUT2D eigenvalue weighted by Crippen LogP contribution is 2.13. The fourth-order valence-electron chi connectivity index (χ4n) is 1.46. The van der Waals surface area contributed by atoms with Crippen LogP contribution in [0.5, 0.6) is 0 Å². The number of anilines is 1. The van der Waals surface area contributed by atoms with Crippen molar-refractivity contribution in [2.75, 3.05) is 25.0 Å². The van der Waals surface area contributed by atoms with Crippen LogP contribution >= 0.6 is 0 Å². The Hall–Kier alpha value is -1.02. The minimum absolute atomic E-state index is 0.976. The molecule has 0 saturated carbocycles. The SMILES string of the molecule is CCCNCc1ccc(N(C)CC)cc1. The summed E-state index contributed by atoms with van der Waals surface area (Å²) in [5.74, 6) is 0. The highest BCUT2D eigenvalue weighted by atomic mass is 15.1. The largest absolute Gasteiger partial charge is 0.375 e. The molecule has 0 bridgehead atoms. The van der Waals surface area contributed by atoms with Crippen molar-refractivity contribution in [1.29, 1.82) is 0 Å². The molecule has 0 saturated heterocycles. The Morgan fingerprint density at radius 3 is 2.33 bits per heavy atom. The molecule has 1 aromatic rings. The lowest BCUT2D eigenvalue weighted by Crippen LogP contribution is -2.16. The summed E-state index contributed by atoms with van der Waals surface area (Å²) in [6.07, 6.45) is 1.19. The molecule has 0 aliphatic carbocycles. The van der Waals surface area contributed by atoms with E-state index in [4.69, 9.17) is 0 Å². The second-order valence-corrected chi connectivity index (χ2v) is 3.86. The zero-order chi connectivity index (χ0) is 11.1. The maximum atomic E-state index is 3.40. The van der Waals surface area contributed by atoms with Crippen LogP contribution in [0.1, 0.15) is 25.8 Å². The van der Waals surface area contributed by atoms with Gasteiger partial charge in [-0.2, -0.15) is 0 Å². The second-order valence-electron chi connectivity index (χ2n) is 3.86. The number of nitrogens with one attached hydrogen (secondary N) is 1. The molecule has 0 spiro atoms. The molecule has 1 aromatic carbocycles. The summed E-state index contributed by atoms with van der Waals surface area (Å²) in [6, 6.07) is 8.77. The lowest BCUT2D eigenvalue weighted by molar-refractivity contribution is 0.675. The molecule has 0 unspecified atom stereocenters. The summed E-state index contributed by atoms with van der Waals surface area (Å²) >= 11 is 0. The zero-order valence-corrected chi connectivity index (χ0v) is 10.1. The van der Waals surface area contributed by atoms with Crippen molar-refractivity contribution in [3.63, 3.8) is 0 Å². The minimum atomic E-state index is 0.976. The molecule has 0 radical (unpaired) electrons. The summed E-state index contributed by atoms with van der Waals surface area (Å²) < 4.78 is 0. The van der Waals surface area contributed by atoms with Gasteiger partial charge in [0, 0.05) is 25.8 Å². The molecule has 0 fully saturated rings. The third kappa shape index (κ3) is 3.92. The summed E-state index contributed by atoms with van der Waals surface area (Å²) in [4.78, 5) is 2.24. The first kappa shape index (κ1) is 12.1. The summed E-state index contributed by atoms with van der Waals surface area (Å²) in [5, 5.41) is 3.40. The maximum Gasteiger partial charge on any atom is 0.0363 e. The highest BCUT2D eigenvalue weighted by Gasteiger charge is 1.97. The predicted octanol–water partition coefficient (Wildman–Crippen LogP) is 2.64. The van der Waals surface area contributed by atoms with Gasteiger partial charge < -0.3 is 10.2 Å².